The zero-order chi connectivity index (χ0) is 23.4. The van der Waals surface area contributed by atoms with Crippen molar-refractivity contribution in [3.8, 4) is 11.8 Å². The molecule has 1 fully saturated rings. The lowest BCUT2D eigenvalue weighted by Crippen LogP contribution is -2.27. The van der Waals surface area contributed by atoms with Gasteiger partial charge in [0.05, 0.1) is 27.6 Å². The van der Waals surface area contributed by atoms with Gasteiger partial charge in [-0.15, -0.1) is 0 Å². The Hall–Kier alpha value is -2.86. The smallest absolute Gasteiger partial charge is 0.293 e. The van der Waals surface area contributed by atoms with Crippen LogP contribution in [-0.4, -0.2) is 16.0 Å². The van der Waals surface area contributed by atoms with Crippen molar-refractivity contribution < 1.29 is 14.3 Å². The SMILES string of the molecule is N#Cc1ccccc1COc1ccc(/C=C2\SC(=O)N(Cc3ccc(Br)cc3)C2=O)cc1Br. The number of rotatable bonds is 6. The molecule has 1 heterocycles. The highest BCUT2D eigenvalue weighted by Gasteiger charge is 2.35. The van der Waals surface area contributed by atoms with E-state index in [0.717, 1.165) is 32.9 Å². The molecule has 164 valence electrons. The largest absolute Gasteiger partial charge is 0.488 e. The summed E-state index contributed by atoms with van der Waals surface area (Å²) in [5.41, 5.74) is 3.02. The van der Waals surface area contributed by atoms with E-state index in [0.29, 0.717) is 20.7 Å². The highest BCUT2D eigenvalue weighted by atomic mass is 79.9. The summed E-state index contributed by atoms with van der Waals surface area (Å²) in [5, 5.41) is 8.93. The molecular weight excluding hydrogens is 568 g/mol. The number of thioether (sulfide) groups is 1. The third-order valence-corrected chi connectivity index (χ3v) is 6.96. The molecule has 8 heteroatoms. The van der Waals surface area contributed by atoms with Crippen molar-refractivity contribution >= 4 is 60.8 Å². The van der Waals surface area contributed by atoms with E-state index in [9.17, 15) is 14.9 Å². The molecule has 0 atom stereocenters. The van der Waals surface area contributed by atoms with Gasteiger partial charge >= 0.3 is 0 Å². The fourth-order valence-electron chi connectivity index (χ4n) is 3.19. The Bertz CT molecular complexity index is 1300. The van der Waals surface area contributed by atoms with Gasteiger partial charge in [-0.2, -0.15) is 5.26 Å². The maximum absolute atomic E-state index is 12.8. The Morgan fingerprint density at radius 2 is 1.79 bits per heavy atom. The average Bonchev–Trinajstić information content (AvgIpc) is 3.07. The Morgan fingerprint density at radius 1 is 1.03 bits per heavy atom. The minimum atomic E-state index is -0.308. The number of benzene rings is 3. The fraction of sp³-hybridized carbons (Fsp3) is 0.0800. The van der Waals surface area contributed by atoms with Gasteiger partial charge in [-0.1, -0.05) is 52.3 Å². The molecule has 0 unspecified atom stereocenters. The highest BCUT2D eigenvalue weighted by molar-refractivity contribution is 9.10. The summed E-state index contributed by atoms with van der Waals surface area (Å²) >= 11 is 7.82. The van der Waals surface area contributed by atoms with Crippen molar-refractivity contribution in [1.82, 2.24) is 4.90 Å². The third-order valence-electron chi connectivity index (χ3n) is 4.90. The van der Waals surface area contributed by atoms with Gasteiger partial charge in [0.2, 0.25) is 0 Å². The van der Waals surface area contributed by atoms with Gasteiger partial charge in [-0.3, -0.25) is 14.5 Å². The quantitative estimate of drug-likeness (QED) is 0.295. The van der Waals surface area contributed by atoms with E-state index in [1.807, 2.05) is 54.6 Å². The van der Waals surface area contributed by atoms with Crippen molar-refractivity contribution in [3.05, 3.63) is 103 Å². The molecule has 1 saturated heterocycles. The molecule has 4 rings (SSSR count). The van der Waals surface area contributed by atoms with E-state index >= 15 is 0 Å². The summed E-state index contributed by atoms with van der Waals surface area (Å²) < 4.78 is 7.51. The van der Waals surface area contributed by atoms with Gasteiger partial charge in [-0.05, 0) is 75.2 Å². The van der Waals surface area contributed by atoms with E-state index in [4.69, 9.17) is 4.74 Å². The molecule has 3 aromatic carbocycles. The molecular formula is C25H16Br2N2O3S. The minimum Gasteiger partial charge on any atom is -0.488 e. The van der Waals surface area contributed by atoms with Crippen LogP contribution in [0.5, 0.6) is 5.75 Å². The van der Waals surface area contributed by atoms with Gasteiger partial charge in [0.1, 0.15) is 12.4 Å². The van der Waals surface area contributed by atoms with Crippen LogP contribution in [0.4, 0.5) is 4.79 Å². The molecule has 0 radical (unpaired) electrons. The van der Waals surface area contributed by atoms with Crippen LogP contribution >= 0.6 is 43.6 Å². The summed E-state index contributed by atoms with van der Waals surface area (Å²) in [5.74, 6) is 0.306. The zero-order valence-corrected chi connectivity index (χ0v) is 21.1. The molecule has 0 spiro atoms. The number of hydrogen-bond acceptors (Lipinski definition) is 5. The van der Waals surface area contributed by atoms with Gasteiger partial charge in [0, 0.05) is 10.0 Å². The first-order valence-corrected chi connectivity index (χ1v) is 12.2. The summed E-state index contributed by atoms with van der Waals surface area (Å²) in [4.78, 5) is 26.8. The molecule has 0 aromatic heterocycles. The second-order valence-corrected chi connectivity index (χ2v) is 9.91. The Balaban J connectivity index is 1.46. The molecule has 33 heavy (non-hydrogen) atoms. The van der Waals surface area contributed by atoms with Gasteiger partial charge in [0.25, 0.3) is 11.1 Å². The van der Waals surface area contributed by atoms with Crippen LogP contribution in [0.3, 0.4) is 0 Å². The van der Waals surface area contributed by atoms with E-state index < -0.39 is 0 Å². The molecule has 0 aliphatic carbocycles. The van der Waals surface area contributed by atoms with Gasteiger partial charge in [0.15, 0.2) is 0 Å². The molecule has 2 amide bonds. The van der Waals surface area contributed by atoms with Crippen LogP contribution in [0.15, 0.2) is 80.6 Å². The minimum absolute atomic E-state index is 0.232. The normalized spacial score (nSPS) is 14.6. The maximum atomic E-state index is 12.8. The molecule has 0 N–H and O–H groups in total. The Kier molecular flexibility index (Phi) is 7.33. The predicted molar refractivity (Wildman–Crippen MR) is 135 cm³/mol. The number of imide groups is 1. The standard InChI is InChI=1S/C25H16Br2N2O3S/c26-20-8-5-16(6-9-20)14-29-24(30)23(33-25(29)31)12-17-7-10-22(21(27)11-17)32-15-19-4-2-1-3-18(19)13-28/h1-12H,14-15H2/b23-12-. The number of amides is 2. The van der Waals surface area contributed by atoms with Gasteiger partial charge < -0.3 is 4.74 Å². The van der Waals surface area contributed by atoms with Crippen LogP contribution in [0.2, 0.25) is 0 Å². The van der Waals surface area contributed by atoms with E-state index in [-0.39, 0.29) is 24.3 Å². The van der Waals surface area contributed by atoms with Crippen molar-refractivity contribution in [1.29, 1.82) is 5.26 Å². The van der Waals surface area contributed by atoms with Crippen LogP contribution < -0.4 is 4.74 Å². The zero-order valence-electron chi connectivity index (χ0n) is 17.1. The number of nitriles is 1. The molecule has 5 nitrogen and oxygen atoms in total. The van der Waals surface area contributed by atoms with Crippen molar-refractivity contribution in [2.24, 2.45) is 0 Å². The monoisotopic (exact) mass is 582 g/mol. The van der Waals surface area contributed by atoms with Crippen LogP contribution in [0, 0.1) is 11.3 Å². The van der Waals surface area contributed by atoms with Crippen LogP contribution in [0.1, 0.15) is 22.3 Å². The maximum Gasteiger partial charge on any atom is 0.293 e. The van der Waals surface area contributed by atoms with Crippen LogP contribution in [-0.2, 0) is 17.9 Å². The van der Waals surface area contributed by atoms with Gasteiger partial charge in [-0.25, -0.2) is 0 Å². The van der Waals surface area contributed by atoms with Crippen molar-refractivity contribution in [2.45, 2.75) is 13.2 Å². The topological polar surface area (TPSA) is 70.4 Å². The number of nitrogens with zero attached hydrogens (tertiary/aromatic N) is 2. The lowest BCUT2D eigenvalue weighted by Gasteiger charge is -2.12. The lowest BCUT2D eigenvalue weighted by atomic mass is 10.1. The van der Waals surface area contributed by atoms with E-state index in [2.05, 4.69) is 37.9 Å². The fourth-order valence-corrected chi connectivity index (χ4v) is 4.81. The predicted octanol–water partition coefficient (Wildman–Crippen LogP) is 6.90. The highest BCUT2D eigenvalue weighted by Crippen LogP contribution is 2.35. The molecule has 1 aliphatic heterocycles. The lowest BCUT2D eigenvalue weighted by molar-refractivity contribution is -0.123. The Labute approximate surface area is 212 Å². The van der Waals surface area contributed by atoms with E-state index in [1.165, 1.54) is 4.90 Å². The first-order valence-electron chi connectivity index (χ1n) is 9.85. The van der Waals surface area contributed by atoms with E-state index in [1.54, 1.807) is 18.2 Å². The second-order valence-electron chi connectivity index (χ2n) is 7.14. The Morgan fingerprint density at radius 3 is 2.52 bits per heavy atom. The number of ether oxygens (including phenoxy) is 1. The molecule has 0 bridgehead atoms. The summed E-state index contributed by atoms with van der Waals surface area (Å²) in [7, 11) is 0. The summed E-state index contributed by atoms with van der Waals surface area (Å²) in [6.45, 7) is 0.493. The molecule has 3 aromatic rings. The molecule has 1 aliphatic rings. The number of hydrogen-bond donors (Lipinski definition) is 0. The third kappa shape index (κ3) is 5.56. The molecule has 0 saturated carbocycles. The summed E-state index contributed by atoms with van der Waals surface area (Å²) in [6, 6.07) is 22.4. The number of carbonyl (C=O) groups excluding carboxylic acids is 2. The van der Waals surface area contributed by atoms with Crippen molar-refractivity contribution in [2.75, 3.05) is 0 Å². The number of carbonyl (C=O) groups is 2. The average molecular weight is 584 g/mol. The van der Waals surface area contributed by atoms with Crippen molar-refractivity contribution in [3.63, 3.8) is 0 Å². The number of halogens is 2. The first-order chi connectivity index (χ1) is 15.9. The first kappa shape index (κ1) is 23.3. The van der Waals surface area contributed by atoms with Crippen LogP contribution in [0.25, 0.3) is 6.08 Å². The summed E-state index contributed by atoms with van der Waals surface area (Å²) in [6.07, 6.45) is 1.70. The second kappa shape index (κ2) is 10.4.